The summed E-state index contributed by atoms with van der Waals surface area (Å²) in [5.41, 5.74) is 0.254. The number of hydrogen-bond donors (Lipinski definition) is 1. The lowest BCUT2D eigenvalue weighted by Crippen LogP contribution is -2.80. The van der Waals surface area contributed by atoms with Crippen molar-refractivity contribution in [1.82, 2.24) is 0 Å². The first-order valence-corrected chi connectivity index (χ1v) is 4.72. The highest BCUT2D eigenvalue weighted by Crippen LogP contribution is 2.93. The van der Waals surface area contributed by atoms with E-state index in [0.29, 0.717) is 11.3 Å². The molecule has 12 heavy (non-hydrogen) atoms. The third kappa shape index (κ3) is 0.301. The lowest BCUT2D eigenvalue weighted by molar-refractivity contribution is -0.336. The summed E-state index contributed by atoms with van der Waals surface area (Å²) in [6, 6.07) is 0. The van der Waals surface area contributed by atoms with Crippen LogP contribution in [0.4, 0.5) is 0 Å². The quantitative estimate of drug-likeness (QED) is 0.646. The van der Waals surface area contributed by atoms with Crippen molar-refractivity contribution in [3.63, 3.8) is 0 Å². The summed E-state index contributed by atoms with van der Waals surface area (Å²) in [6.45, 7) is 4.45. The van der Waals surface area contributed by atoms with Gasteiger partial charge in [0.25, 0.3) is 0 Å². The molecule has 5 aliphatic rings. The maximum atomic E-state index is 11.1. The summed E-state index contributed by atoms with van der Waals surface area (Å²) >= 11 is 0. The van der Waals surface area contributed by atoms with Crippen LogP contribution >= 0.6 is 0 Å². The van der Waals surface area contributed by atoms with Crippen molar-refractivity contribution in [2.24, 2.45) is 22.2 Å². The molecule has 66 valence electrons. The minimum absolute atomic E-state index is 0.149. The van der Waals surface area contributed by atoms with Crippen LogP contribution in [0.25, 0.3) is 0 Å². The topological polar surface area (TPSA) is 37.3 Å². The van der Waals surface area contributed by atoms with Crippen molar-refractivity contribution in [2.45, 2.75) is 33.1 Å². The lowest BCUT2D eigenvalue weighted by atomic mass is 9.22. The summed E-state index contributed by atoms with van der Waals surface area (Å²) in [5.74, 6) is -0.0243. The molecule has 0 spiro atoms. The van der Waals surface area contributed by atoms with Crippen LogP contribution in [-0.2, 0) is 4.79 Å². The van der Waals surface area contributed by atoms with Gasteiger partial charge in [-0.15, -0.1) is 0 Å². The number of carboxylic acids is 1. The van der Waals surface area contributed by atoms with Gasteiger partial charge in [-0.05, 0) is 36.0 Å². The average Bonchev–Trinajstić information content (AvgIpc) is 2.33. The number of hydrogen-bond acceptors (Lipinski definition) is 1. The Labute approximate surface area is 72.0 Å². The van der Waals surface area contributed by atoms with Gasteiger partial charge in [0.2, 0.25) is 0 Å². The molecule has 2 heteroatoms. The van der Waals surface area contributed by atoms with Crippen molar-refractivity contribution in [2.75, 3.05) is 0 Å². The van der Waals surface area contributed by atoms with Crippen LogP contribution in [0.1, 0.15) is 33.1 Å². The Morgan fingerprint density at radius 1 is 1.50 bits per heavy atom. The maximum Gasteiger partial charge on any atom is 0.310 e. The zero-order valence-corrected chi connectivity index (χ0v) is 7.55. The van der Waals surface area contributed by atoms with Crippen LogP contribution < -0.4 is 0 Å². The Hall–Kier alpha value is -0.530. The van der Waals surface area contributed by atoms with Gasteiger partial charge >= 0.3 is 5.97 Å². The monoisotopic (exact) mass is 166 g/mol. The Balaban J connectivity index is 2.12. The molecule has 0 heterocycles. The minimum Gasteiger partial charge on any atom is -0.481 e. The van der Waals surface area contributed by atoms with E-state index in [0.717, 1.165) is 19.3 Å². The smallest absolute Gasteiger partial charge is 0.310 e. The van der Waals surface area contributed by atoms with Gasteiger partial charge in [-0.25, -0.2) is 0 Å². The molecule has 0 saturated heterocycles. The van der Waals surface area contributed by atoms with Crippen molar-refractivity contribution in [3.8, 4) is 0 Å². The molecule has 4 atom stereocenters. The molecule has 0 aliphatic heterocycles. The molecule has 0 unspecified atom stereocenters. The second kappa shape index (κ2) is 1.34. The van der Waals surface area contributed by atoms with Gasteiger partial charge < -0.3 is 5.11 Å². The number of aliphatic carboxylic acids is 1. The van der Waals surface area contributed by atoms with Crippen LogP contribution in [0.15, 0.2) is 0 Å². The largest absolute Gasteiger partial charge is 0.481 e. The molecule has 5 saturated carbocycles. The van der Waals surface area contributed by atoms with E-state index in [1.807, 2.05) is 0 Å². The molecule has 0 aromatic carbocycles. The fraction of sp³-hybridized carbons (Fsp3) is 0.900. The van der Waals surface area contributed by atoms with E-state index in [2.05, 4.69) is 13.8 Å². The second-order valence-electron chi connectivity index (χ2n) is 5.29. The molecular formula is C10H14O2. The first kappa shape index (κ1) is 6.93. The molecule has 5 rings (SSSR count). The second-order valence-corrected chi connectivity index (χ2v) is 5.29. The lowest BCUT2D eigenvalue weighted by Gasteiger charge is -2.80. The maximum absolute atomic E-state index is 11.1. The molecule has 0 radical (unpaired) electrons. The third-order valence-corrected chi connectivity index (χ3v) is 5.57. The van der Waals surface area contributed by atoms with E-state index in [9.17, 15) is 9.90 Å². The van der Waals surface area contributed by atoms with E-state index in [4.69, 9.17) is 0 Å². The van der Waals surface area contributed by atoms with Gasteiger partial charge in [0.05, 0.1) is 5.41 Å². The normalized spacial score (nSPS) is 65.3. The molecule has 1 N–H and O–H groups in total. The first-order chi connectivity index (χ1) is 5.49. The van der Waals surface area contributed by atoms with E-state index >= 15 is 0 Å². The standard InChI is InChI=1S/C10H14O2/c1-8-5-10(7(11)12)6(8)3-4-9(8,10)2/h6H,3-5H2,1-2H3,(H,11,12)/t6-,8-,9+,10+/m0/s1. The van der Waals surface area contributed by atoms with Crippen LogP contribution in [0.3, 0.4) is 0 Å². The van der Waals surface area contributed by atoms with E-state index in [1.54, 1.807) is 0 Å². The summed E-state index contributed by atoms with van der Waals surface area (Å²) in [6.07, 6.45) is 3.23. The Kier molecular flexibility index (Phi) is 0.774. The molecule has 5 aliphatic carbocycles. The predicted molar refractivity (Wildman–Crippen MR) is 43.6 cm³/mol. The molecule has 5 fully saturated rings. The number of carbonyl (C=O) groups is 1. The fourth-order valence-corrected chi connectivity index (χ4v) is 4.69. The van der Waals surface area contributed by atoms with E-state index < -0.39 is 5.97 Å². The highest BCUT2D eigenvalue weighted by Gasteiger charge is 2.91. The summed E-state index contributed by atoms with van der Waals surface area (Å²) < 4.78 is 0. The number of rotatable bonds is 1. The van der Waals surface area contributed by atoms with Gasteiger partial charge in [-0.1, -0.05) is 13.8 Å². The molecule has 0 aromatic rings. The Bertz CT molecular complexity index is 298. The fourth-order valence-electron chi connectivity index (χ4n) is 4.69. The van der Waals surface area contributed by atoms with Gasteiger partial charge in [-0.3, -0.25) is 4.79 Å². The van der Waals surface area contributed by atoms with Crippen molar-refractivity contribution >= 4 is 5.97 Å². The van der Waals surface area contributed by atoms with Crippen LogP contribution in [0.2, 0.25) is 0 Å². The van der Waals surface area contributed by atoms with Crippen molar-refractivity contribution in [3.05, 3.63) is 0 Å². The highest BCUT2D eigenvalue weighted by molar-refractivity contribution is 5.83. The van der Waals surface area contributed by atoms with Crippen molar-refractivity contribution in [1.29, 1.82) is 0 Å². The molecule has 0 amide bonds. The Morgan fingerprint density at radius 2 is 2.17 bits per heavy atom. The van der Waals surface area contributed by atoms with Gasteiger partial charge in [0.1, 0.15) is 0 Å². The van der Waals surface area contributed by atoms with E-state index in [-0.39, 0.29) is 10.8 Å². The summed E-state index contributed by atoms with van der Waals surface area (Å²) in [5, 5.41) is 9.19. The highest BCUT2D eigenvalue weighted by atomic mass is 16.4. The van der Waals surface area contributed by atoms with Crippen molar-refractivity contribution < 1.29 is 9.90 Å². The van der Waals surface area contributed by atoms with Gasteiger partial charge in [0.15, 0.2) is 0 Å². The van der Waals surface area contributed by atoms with Gasteiger partial charge in [-0.2, -0.15) is 0 Å². The first-order valence-electron chi connectivity index (χ1n) is 4.72. The minimum atomic E-state index is -0.531. The molecule has 0 aromatic heterocycles. The van der Waals surface area contributed by atoms with E-state index in [1.165, 1.54) is 0 Å². The zero-order valence-electron chi connectivity index (χ0n) is 7.55. The van der Waals surface area contributed by atoms with Crippen LogP contribution in [0.5, 0.6) is 0 Å². The molecule has 4 bridgehead atoms. The predicted octanol–water partition coefficient (Wildman–Crippen LogP) is 1.90. The summed E-state index contributed by atoms with van der Waals surface area (Å²) in [4.78, 5) is 11.1. The van der Waals surface area contributed by atoms with Crippen LogP contribution in [0, 0.1) is 22.2 Å². The molecular weight excluding hydrogens is 152 g/mol. The number of carboxylic acid groups (broad SMARTS) is 1. The number of fused-ring (bicyclic) bond motifs is 1. The Morgan fingerprint density at radius 3 is 2.42 bits per heavy atom. The summed E-state index contributed by atoms with van der Waals surface area (Å²) in [7, 11) is 0. The molecule has 2 nitrogen and oxygen atoms in total. The van der Waals surface area contributed by atoms with Gasteiger partial charge in [0, 0.05) is 0 Å². The SMILES string of the molecule is C[C@@]12CC[C@H]3[C@]1(C)C[C@]32C(=O)O. The van der Waals surface area contributed by atoms with Crippen LogP contribution in [-0.4, -0.2) is 11.1 Å². The third-order valence-electron chi connectivity index (χ3n) is 5.57. The zero-order chi connectivity index (χ0) is 8.78. The average molecular weight is 166 g/mol.